The summed E-state index contributed by atoms with van der Waals surface area (Å²) < 4.78 is 0. The lowest BCUT2D eigenvalue weighted by Crippen LogP contribution is -2.22. The number of aromatic nitrogens is 2. The van der Waals surface area contributed by atoms with Crippen molar-refractivity contribution in [2.45, 2.75) is 6.54 Å². The van der Waals surface area contributed by atoms with Crippen LogP contribution < -0.4 is 5.32 Å². The molecule has 1 amide bonds. The molecule has 0 saturated heterocycles. The molecule has 3 rings (SSSR count). The van der Waals surface area contributed by atoms with E-state index in [-0.39, 0.29) is 5.91 Å². The summed E-state index contributed by atoms with van der Waals surface area (Å²) >= 11 is 13.2. The maximum absolute atomic E-state index is 12.1. The Balaban J connectivity index is 1.65. The van der Waals surface area contributed by atoms with E-state index in [0.717, 1.165) is 16.4 Å². The Labute approximate surface area is 147 Å². The summed E-state index contributed by atoms with van der Waals surface area (Å²) in [7, 11) is 0. The summed E-state index contributed by atoms with van der Waals surface area (Å²) in [6.07, 6.45) is 1.72. The first-order chi connectivity index (χ1) is 11.1. The minimum absolute atomic E-state index is 0.226. The summed E-state index contributed by atoms with van der Waals surface area (Å²) in [6.45, 7) is 0.336. The number of hydrogen-bond donors (Lipinski definition) is 1. The SMILES string of the molecule is O=C(NCc1csc(-c2ccccn2)n1)c1ccc(Cl)c(Cl)c1. The van der Waals surface area contributed by atoms with E-state index < -0.39 is 0 Å². The van der Waals surface area contributed by atoms with Gasteiger partial charge in [-0.2, -0.15) is 0 Å². The zero-order valence-electron chi connectivity index (χ0n) is 11.8. The highest BCUT2D eigenvalue weighted by atomic mass is 35.5. The molecule has 0 saturated carbocycles. The maximum atomic E-state index is 12.1. The van der Waals surface area contributed by atoms with Crippen molar-refractivity contribution in [2.75, 3.05) is 0 Å². The Bertz CT molecular complexity index is 836. The molecule has 7 heteroatoms. The van der Waals surface area contributed by atoms with Crippen molar-refractivity contribution in [3.05, 3.63) is 69.3 Å². The molecule has 3 aromatic rings. The molecule has 2 heterocycles. The second-order valence-electron chi connectivity index (χ2n) is 4.67. The van der Waals surface area contributed by atoms with E-state index in [4.69, 9.17) is 23.2 Å². The third-order valence-corrected chi connectivity index (χ3v) is 4.70. The van der Waals surface area contributed by atoms with Gasteiger partial charge in [0, 0.05) is 17.1 Å². The molecule has 23 heavy (non-hydrogen) atoms. The van der Waals surface area contributed by atoms with Crippen LogP contribution in [0, 0.1) is 0 Å². The molecule has 0 bridgehead atoms. The Morgan fingerprint density at radius 1 is 1.17 bits per heavy atom. The molecule has 0 fully saturated rings. The number of hydrogen-bond acceptors (Lipinski definition) is 4. The van der Waals surface area contributed by atoms with Crippen LogP contribution in [-0.4, -0.2) is 15.9 Å². The quantitative estimate of drug-likeness (QED) is 0.745. The van der Waals surface area contributed by atoms with Crippen LogP contribution in [0.4, 0.5) is 0 Å². The van der Waals surface area contributed by atoms with Crippen molar-refractivity contribution in [1.82, 2.24) is 15.3 Å². The fourth-order valence-electron chi connectivity index (χ4n) is 1.91. The van der Waals surface area contributed by atoms with E-state index in [1.165, 1.54) is 11.3 Å². The van der Waals surface area contributed by atoms with Crippen LogP contribution in [-0.2, 0) is 6.54 Å². The van der Waals surface area contributed by atoms with Crippen molar-refractivity contribution in [1.29, 1.82) is 0 Å². The molecule has 0 aliphatic rings. The number of nitrogens with zero attached hydrogens (tertiary/aromatic N) is 2. The molecule has 1 N–H and O–H groups in total. The van der Waals surface area contributed by atoms with Crippen molar-refractivity contribution in [3.8, 4) is 10.7 Å². The van der Waals surface area contributed by atoms with Gasteiger partial charge in [0.15, 0.2) is 0 Å². The van der Waals surface area contributed by atoms with E-state index in [9.17, 15) is 4.79 Å². The van der Waals surface area contributed by atoms with Gasteiger partial charge >= 0.3 is 0 Å². The van der Waals surface area contributed by atoms with E-state index in [0.29, 0.717) is 22.2 Å². The van der Waals surface area contributed by atoms with Gasteiger partial charge < -0.3 is 5.32 Å². The molecule has 1 aromatic carbocycles. The van der Waals surface area contributed by atoms with Gasteiger partial charge in [0.05, 0.1) is 28.0 Å². The number of rotatable bonds is 4. The van der Waals surface area contributed by atoms with Gasteiger partial charge in [0.1, 0.15) is 5.01 Å². The predicted molar refractivity (Wildman–Crippen MR) is 93.0 cm³/mol. The number of thiazole rings is 1. The van der Waals surface area contributed by atoms with Crippen LogP contribution in [0.25, 0.3) is 10.7 Å². The number of benzene rings is 1. The van der Waals surface area contributed by atoms with Gasteiger partial charge in [-0.25, -0.2) is 4.98 Å². The van der Waals surface area contributed by atoms with Gasteiger partial charge in [0.2, 0.25) is 0 Å². The van der Waals surface area contributed by atoms with Crippen molar-refractivity contribution in [2.24, 2.45) is 0 Å². The summed E-state index contributed by atoms with van der Waals surface area (Å²) in [4.78, 5) is 20.8. The average molecular weight is 364 g/mol. The Morgan fingerprint density at radius 3 is 2.78 bits per heavy atom. The zero-order valence-corrected chi connectivity index (χ0v) is 14.1. The monoisotopic (exact) mass is 363 g/mol. The second kappa shape index (κ2) is 7.08. The minimum Gasteiger partial charge on any atom is -0.346 e. The van der Waals surface area contributed by atoms with E-state index in [2.05, 4.69) is 15.3 Å². The Kier molecular flexibility index (Phi) is 4.91. The topological polar surface area (TPSA) is 54.9 Å². The van der Waals surface area contributed by atoms with Crippen LogP contribution in [0.1, 0.15) is 16.1 Å². The molecule has 2 aromatic heterocycles. The van der Waals surface area contributed by atoms with Gasteiger partial charge in [-0.05, 0) is 30.3 Å². The van der Waals surface area contributed by atoms with Crippen molar-refractivity contribution in [3.63, 3.8) is 0 Å². The summed E-state index contributed by atoms with van der Waals surface area (Å²) in [6, 6.07) is 10.4. The molecule has 116 valence electrons. The standard InChI is InChI=1S/C16H11Cl2N3OS/c17-12-5-4-10(7-13(12)18)15(22)20-8-11-9-23-16(21-11)14-3-1-2-6-19-14/h1-7,9H,8H2,(H,20,22). The number of carbonyl (C=O) groups excluding carboxylic acids is 1. The minimum atomic E-state index is -0.226. The molecular weight excluding hydrogens is 353 g/mol. The number of pyridine rings is 1. The summed E-state index contributed by atoms with van der Waals surface area (Å²) in [5.41, 5.74) is 2.06. The smallest absolute Gasteiger partial charge is 0.251 e. The Morgan fingerprint density at radius 2 is 2.04 bits per heavy atom. The van der Waals surface area contributed by atoms with Crippen LogP contribution in [0.2, 0.25) is 10.0 Å². The van der Waals surface area contributed by atoms with Crippen LogP contribution in [0.15, 0.2) is 48.0 Å². The van der Waals surface area contributed by atoms with Gasteiger partial charge in [-0.3, -0.25) is 9.78 Å². The van der Waals surface area contributed by atoms with Crippen molar-refractivity contribution < 1.29 is 4.79 Å². The normalized spacial score (nSPS) is 10.5. The van der Waals surface area contributed by atoms with E-state index in [1.807, 2.05) is 23.6 Å². The molecular formula is C16H11Cl2N3OS. The molecule has 0 aliphatic heterocycles. The third-order valence-electron chi connectivity index (χ3n) is 3.05. The summed E-state index contributed by atoms with van der Waals surface area (Å²) in [5, 5.41) is 6.31. The maximum Gasteiger partial charge on any atom is 0.251 e. The highest BCUT2D eigenvalue weighted by Gasteiger charge is 2.10. The van der Waals surface area contributed by atoms with Gasteiger partial charge in [-0.15, -0.1) is 11.3 Å². The fraction of sp³-hybridized carbons (Fsp3) is 0.0625. The number of carbonyl (C=O) groups is 1. The molecule has 0 spiro atoms. The largest absolute Gasteiger partial charge is 0.346 e. The summed E-state index contributed by atoms with van der Waals surface area (Å²) in [5.74, 6) is -0.226. The lowest BCUT2D eigenvalue weighted by Gasteiger charge is -2.04. The predicted octanol–water partition coefficient (Wildman–Crippen LogP) is 4.44. The van der Waals surface area contributed by atoms with E-state index >= 15 is 0 Å². The van der Waals surface area contributed by atoms with E-state index in [1.54, 1.807) is 24.4 Å². The molecule has 0 aliphatic carbocycles. The molecule has 0 radical (unpaired) electrons. The fourth-order valence-corrected chi connectivity index (χ4v) is 3.00. The lowest BCUT2D eigenvalue weighted by molar-refractivity contribution is 0.0950. The third kappa shape index (κ3) is 3.88. The number of halogens is 2. The average Bonchev–Trinajstić information content (AvgIpc) is 3.05. The van der Waals surface area contributed by atoms with Gasteiger partial charge in [-0.1, -0.05) is 29.3 Å². The zero-order chi connectivity index (χ0) is 16.2. The van der Waals surface area contributed by atoms with Crippen LogP contribution in [0.5, 0.6) is 0 Å². The van der Waals surface area contributed by atoms with Crippen LogP contribution in [0.3, 0.4) is 0 Å². The van der Waals surface area contributed by atoms with Crippen molar-refractivity contribution >= 4 is 40.4 Å². The lowest BCUT2D eigenvalue weighted by atomic mass is 10.2. The first-order valence-electron chi connectivity index (χ1n) is 6.72. The second-order valence-corrected chi connectivity index (χ2v) is 6.34. The van der Waals surface area contributed by atoms with Gasteiger partial charge in [0.25, 0.3) is 5.91 Å². The Hall–Kier alpha value is -1.95. The number of nitrogens with one attached hydrogen (secondary N) is 1. The molecule has 0 atom stereocenters. The highest BCUT2D eigenvalue weighted by molar-refractivity contribution is 7.13. The molecule has 4 nitrogen and oxygen atoms in total. The first-order valence-corrected chi connectivity index (χ1v) is 8.36. The first kappa shape index (κ1) is 15.9. The highest BCUT2D eigenvalue weighted by Crippen LogP contribution is 2.23. The molecule has 0 unspecified atom stereocenters. The number of amides is 1. The van der Waals surface area contributed by atoms with Crippen LogP contribution >= 0.6 is 34.5 Å².